The number of rotatable bonds is 2. The molecular formula is C28H24ClF3N4O. The number of hydrogen-bond donors (Lipinski definition) is 0. The van der Waals surface area contributed by atoms with Gasteiger partial charge in [0.1, 0.15) is 5.41 Å². The van der Waals surface area contributed by atoms with Gasteiger partial charge >= 0.3 is 6.18 Å². The molecule has 0 bridgehead atoms. The topological polar surface area (TPSA) is 39.2 Å². The van der Waals surface area contributed by atoms with Crippen molar-refractivity contribution in [1.29, 1.82) is 0 Å². The fourth-order valence-electron chi connectivity index (χ4n) is 5.96. The van der Waals surface area contributed by atoms with Crippen molar-refractivity contribution in [2.24, 2.45) is 10.5 Å². The van der Waals surface area contributed by atoms with E-state index < -0.39 is 17.2 Å². The third kappa shape index (κ3) is 3.77. The summed E-state index contributed by atoms with van der Waals surface area (Å²) in [5.41, 5.74) is 1.62. The Morgan fingerprint density at radius 3 is 2.46 bits per heavy atom. The van der Waals surface area contributed by atoms with Crippen LogP contribution in [-0.4, -0.2) is 37.3 Å². The summed E-state index contributed by atoms with van der Waals surface area (Å²) in [5, 5.41) is 6.70. The highest BCUT2D eigenvalue weighted by Gasteiger charge is 2.60. The zero-order chi connectivity index (χ0) is 25.9. The van der Waals surface area contributed by atoms with Gasteiger partial charge < -0.3 is 9.80 Å². The molecule has 1 amide bonds. The minimum Gasteiger partial charge on any atom is -0.368 e. The normalized spacial score (nSPS) is 23.3. The van der Waals surface area contributed by atoms with E-state index in [2.05, 4.69) is 14.9 Å². The van der Waals surface area contributed by atoms with Crippen LogP contribution in [0.2, 0.25) is 5.02 Å². The number of alkyl halides is 3. The molecule has 3 heterocycles. The Kier molecular flexibility index (Phi) is 5.49. The van der Waals surface area contributed by atoms with E-state index in [1.54, 1.807) is 6.07 Å². The molecule has 0 saturated carbocycles. The van der Waals surface area contributed by atoms with Gasteiger partial charge in [0.25, 0.3) is 5.91 Å². The second-order valence-corrected chi connectivity index (χ2v) is 10.2. The van der Waals surface area contributed by atoms with Gasteiger partial charge in [-0.25, -0.2) is 0 Å². The van der Waals surface area contributed by atoms with Gasteiger partial charge in [0.15, 0.2) is 0 Å². The maximum absolute atomic E-state index is 14.3. The minimum atomic E-state index is -4.47. The predicted molar refractivity (Wildman–Crippen MR) is 139 cm³/mol. The van der Waals surface area contributed by atoms with Crippen LogP contribution in [0.4, 0.5) is 30.2 Å². The van der Waals surface area contributed by atoms with Crippen LogP contribution < -0.4 is 14.8 Å². The fourth-order valence-corrected chi connectivity index (χ4v) is 6.15. The molecule has 2 atom stereocenters. The molecular weight excluding hydrogens is 501 g/mol. The number of para-hydroxylation sites is 1. The molecule has 0 N–H and O–H groups in total. The highest BCUT2D eigenvalue weighted by atomic mass is 35.5. The van der Waals surface area contributed by atoms with Crippen LogP contribution in [-0.2, 0) is 17.4 Å². The molecule has 3 aliphatic heterocycles. The van der Waals surface area contributed by atoms with E-state index in [1.165, 1.54) is 11.1 Å². The molecule has 5 nitrogen and oxygen atoms in total. The van der Waals surface area contributed by atoms with Crippen molar-refractivity contribution in [2.75, 3.05) is 34.4 Å². The zero-order valence-electron chi connectivity index (χ0n) is 20.0. The Morgan fingerprint density at radius 1 is 0.973 bits per heavy atom. The Hall–Kier alpha value is -3.52. The lowest BCUT2D eigenvalue weighted by Gasteiger charge is -2.53. The number of carbonyl (C=O) groups excluding carboxylic acids is 1. The number of piperazine rings is 1. The molecule has 9 heteroatoms. The summed E-state index contributed by atoms with van der Waals surface area (Å²) in [6, 6.07) is 20.3. The number of nitrogens with zero attached hydrogens (tertiary/aromatic N) is 4. The predicted octanol–water partition coefficient (Wildman–Crippen LogP) is 6.02. The van der Waals surface area contributed by atoms with E-state index in [4.69, 9.17) is 11.6 Å². The molecule has 1 spiro atoms. The Labute approximate surface area is 217 Å². The van der Waals surface area contributed by atoms with Crippen LogP contribution in [0.1, 0.15) is 18.1 Å². The van der Waals surface area contributed by atoms with E-state index in [-0.39, 0.29) is 18.4 Å². The van der Waals surface area contributed by atoms with Crippen molar-refractivity contribution >= 4 is 40.3 Å². The number of amides is 1. The first-order valence-corrected chi connectivity index (χ1v) is 12.5. The van der Waals surface area contributed by atoms with Gasteiger partial charge in [-0.05, 0) is 67.4 Å². The summed E-state index contributed by atoms with van der Waals surface area (Å²) in [6.45, 7) is 3.50. The SMILES string of the molecule is CC1=NN(c2ccccc2)C(=O)[C@]12Cc1cc(C(F)(F)F)ccc1N1CCN(c3cccc(Cl)c3)C[C@H]12. The third-order valence-corrected chi connectivity index (χ3v) is 8.01. The molecule has 1 fully saturated rings. The first-order valence-electron chi connectivity index (χ1n) is 12.1. The highest BCUT2D eigenvalue weighted by molar-refractivity contribution is 6.30. The summed E-state index contributed by atoms with van der Waals surface area (Å²) in [5.74, 6) is -0.220. The summed E-state index contributed by atoms with van der Waals surface area (Å²) in [4.78, 5) is 18.6. The third-order valence-electron chi connectivity index (χ3n) is 7.78. The highest BCUT2D eigenvalue weighted by Crippen LogP contribution is 2.49. The van der Waals surface area contributed by atoms with Gasteiger partial charge in [0, 0.05) is 36.0 Å². The number of halogens is 4. The van der Waals surface area contributed by atoms with Crippen molar-refractivity contribution in [3.8, 4) is 0 Å². The van der Waals surface area contributed by atoms with Crippen molar-refractivity contribution in [1.82, 2.24) is 0 Å². The lowest BCUT2D eigenvalue weighted by atomic mass is 9.67. The monoisotopic (exact) mass is 524 g/mol. The maximum Gasteiger partial charge on any atom is 0.416 e. The van der Waals surface area contributed by atoms with E-state index in [0.29, 0.717) is 41.6 Å². The molecule has 0 aliphatic carbocycles. The summed E-state index contributed by atoms with van der Waals surface area (Å²) < 4.78 is 40.9. The first kappa shape index (κ1) is 23.9. The lowest BCUT2D eigenvalue weighted by molar-refractivity contribution is -0.137. The Bertz CT molecular complexity index is 1410. The molecule has 3 aromatic rings. The quantitative estimate of drug-likeness (QED) is 0.411. The van der Waals surface area contributed by atoms with Crippen LogP contribution in [0.15, 0.2) is 77.9 Å². The van der Waals surface area contributed by atoms with Crippen molar-refractivity contribution in [3.63, 3.8) is 0 Å². The molecule has 37 heavy (non-hydrogen) atoms. The standard InChI is InChI=1S/C28H24ClF3N4O/c1-18-27(26(37)36(33-18)22-7-3-2-4-8-22)16-19-14-20(28(30,31)32)10-11-24(19)35-13-12-34(17-25(27)35)23-9-5-6-21(29)15-23/h2-11,14-15,25H,12-13,16-17H2,1H3/t25-,27+/m0/s1. The van der Waals surface area contributed by atoms with Gasteiger partial charge in [-0.15, -0.1) is 0 Å². The van der Waals surface area contributed by atoms with E-state index in [1.807, 2.05) is 61.5 Å². The smallest absolute Gasteiger partial charge is 0.368 e. The molecule has 0 radical (unpaired) electrons. The minimum absolute atomic E-state index is 0.147. The van der Waals surface area contributed by atoms with Crippen LogP contribution in [0.5, 0.6) is 0 Å². The van der Waals surface area contributed by atoms with Gasteiger partial charge in [0.2, 0.25) is 0 Å². The second-order valence-electron chi connectivity index (χ2n) is 9.76. The number of carbonyl (C=O) groups is 1. The summed E-state index contributed by atoms with van der Waals surface area (Å²) in [6.07, 6.45) is -4.32. The summed E-state index contributed by atoms with van der Waals surface area (Å²) >= 11 is 6.27. The molecule has 3 aliphatic rings. The van der Waals surface area contributed by atoms with E-state index in [9.17, 15) is 18.0 Å². The van der Waals surface area contributed by atoms with Crippen LogP contribution in [0.3, 0.4) is 0 Å². The fraction of sp³-hybridized carbons (Fsp3) is 0.286. The van der Waals surface area contributed by atoms with Crippen LogP contribution in [0, 0.1) is 5.41 Å². The number of hydrazone groups is 1. The summed E-state index contributed by atoms with van der Waals surface area (Å²) in [7, 11) is 0. The average molecular weight is 525 g/mol. The first-order chi connectivity index (χ1) is 17.7. The molecule has 0 aromatic heterocycles. The number of anilines is 3. The molecule has 0 unspecified atom stereocenters. The van der Waals surface area contributed by atoms with Gasteiger partial charge in [-0.1, -0.05) is 35.9 Å². The lowest BCUT2D eigenvalue weighted by Crippen LogP contribution is -2.67. The Morgan fingerprint density at radius 2 is 1.73 bits per heavy atom. The van der Waals surface area contributed by atoms with Gasteiger partial charge in [0.05, 0.1) is 23.0 Å². The maximum atomic E-state index is 14.3. The zero-order valence-corrected chi connectivity index (χ0v) is 20.8. The number of hydrogen-bond acceptors (Lipinski definition) is 4. The molecule has 190 valence electrons. The van der Waals surface area contributed by atoms with Crippen molar-refractivity contribution in [2.45, 2.75) is 25.6 Å². The van der Waals surface area contributed by atoms with Crippen LogP contribution in [0.25, 0.3) is 0 Å². The number of fused-ring (bicyclic) bond motifs is 4. The van der Waals surface area contributed by atoms with Gasteiger partial charge in [-0.2, -0.15) is 23.3 Å². The van der Waals surface area contributed by atoms with Crippen molar-refractivity contribution in [3.05, 3.63) is 88.9 Å². The van der Waals surface area contributed by atoms with Crippen molar-refractivity contribution < 1.29 is 18.0 Å². The molecule has 3 aromatic carbocycles. The van der Waals surface area contributed by atoms with Crippen LogP contribution >= 0.6 is 11.6 Å². The Balaban J connectivity index is 1.47. The molecule has 6 rings (SSSR count). The molecule has 1 saturated heterocycles. The van der Waals surface area contributed by atoms with E-state index in [0.717, 1.165) is 17.4 Å². The average Bonchev–Trinajstić information content (AvgIpc) is 3.13. The number of benzene rings is 3. The van der Waals surface area contributed by atoms with E-state index >= 15 is 0 Å². The van der Waals surface area contributed by atoms with Gasteiger partial charge in [-0.3, -0.25) is 4.79 Å². The second kappa shape index (κ2) is 8.52. The largest absolute Gasteiger partial charge is 0.416 e.